The zero-order chi connectivity index (χ0) is 15.7. The number of hydrogen-bond donors (Lipinski definition) is 1. The summed E-state index contributed by atoms with van der Waals surface area (Å²) in [5, 5.41) is 10.1. The summed E-state index contributed by atoms with van der Waals surface area (Å²) in [6.07, 6.45) is 10.7. The Hall–Kier alpha value is -1.41. The van der Waals surface area contributed by atoms with Crippen LogP contribution in [0.3, 0.4) is 0 Å². The first-order valence-corrected chi connectivity index (χ1v) is 8.42. The summed E-state index contributed by atoms with van der Waals surface area (Å²) in [5.74, 6) is 0.174. The second-order valence-electron chi connectivity index (χ2n) is 7.87. The van der Waals surface area contributed by atoms with Gasteiger partial charge in [-0.15, -0.1) is 0 Å². The van der Waals surface area contributed by atoms with E-state index in [-0.39, 0.29) is 22.7 Å². The average molecular weight is 296 g/mol. The highest BCUT2D eigenvalue weighted by Crippen LogP contribution is 2.60. The van der Waals surface area contributed by atoms with Gasteiger partial charge in [0, 0.05) is 5.41 Å². The van der Waals surface area contributed by atoms with Crippen molar-refractivity contribution in [2.24, 2.45) is 10.8 Å². The van der Waals surface area contributed by atoms with Crippen molar-refractivity contribution in [3.63, 3.8) is 0 Å². The van der Waals surface area contributed by atoms with Crippen molar-refractivity contribution in [2.75, 3.05) is 0 Å². The van der Waals surface area contributed by atoms with E-state index in [1.807, 2.05) is 6.92 Å². The van der Waals surface area contributed by atoms with Crippen molar-refractivity contribution < 1.29 is 9.90 Å². The van der Waals surface area contributed by atoms with Crippen LogP contribution in [0.1, 0.15) is 52.9 Å². The van der Waals surface area contributed by atoms with Crippen molar-refractivity contribution in [1.82, 2.24) is 0 Å². The van der Waals surface area contributed by atoms with Crippen molar-refractivity contribution in [1.29, 1.82) is 0 Å². The fourth-order valence-corrected chi connectivity index (χ4v) is 5.28. The van der Waals surface area contributed by atoms with E-state index in [0.717, 1.165) is 37.7 Å². The van der Waals surface area contributed by atoms with Crippen LogP contribution in [0.5, 0.6) is 0 Å². The van der Waals surface area contributed by atoms with E-state index in [1.165, 1.54) is 22.3 Å². The van der Waals surface area contributed by atoms with Crippen LogP contribution >= 0.6 is 0 Å². The molecule has 1 N–H and O–H groups in total. The Morgan fingerprint density at radius 2 is 1.95 bits per heavy atom. The molecule has 0 heterocycles. The number of aliphatic hydroxyl groups is 1. The van der Waals surface area contributed by atoms with E-state index in [9.17, 15) is 9.90 Å². The van der Waals surface area contributed by atoms with Crippen LogP contribution in [-0.4, -0.2) is 17.0 Å². The SMILES string of the molecule is CC1=C2CCC3=C(CC[C@@]4(C)C[C@@H](O)C=C34)[C@]2(C)C=CC1=O. The maximum atomic E-state index is 12.0. The highest BCUT2D eigenvalue weighted by Gasteiger charge is 2.48. The highest BCUT2D eigenvalue weighted by atomic mass is 16.3. The molecular formula is C20H24O2. The quantitative estimate of drug-likeness (QED) is 0.733. The minimum Gasteiger partial charge on any atom is -0.389 e. The molecule has 4 rings (SSSR count). The fraction of sp³-hybridized carbons (Fsp3) is 0.550. The Morgan fingerprint density at radius 3 is 2.73 bits per heavy atom. The summed E-state index contributed by atoms with van der Waals surface area (Å²) in [4.78, 5) is 12.0. The number of hydrogen-bond acceptors (Lipinski definition) is 2. The molecule has 0 aliphatic heterocycles. The molecule has 0 radical (unpaired) electrons. The van der Waals surface area contributed by atoms with Gasteiger partial charge in [-0.2, -0.15) is 0 Å². The topological polar surface area (TPSA) is 37.3 Å². The first-order chi connectivity index (χ1) is 10.3. The van der Waals surface area contributed by atoms with Gasteiger partial charge in [0.2, 0.25) is 0 Å². The van der Waals surface area contributed by atoms with Gasteiger partial charge in [-0.1, -0.05) is 24.6 Å². The zero-order valence-corrected chi connectivity index (χ0v) is 13.7. The third-order valence-electron chi connectivity index (χ3n) is 6.55. The predicted octanol–water partition coefficient (Wildman–Crippen LogP) is 4.03. The van der Waals surface area contributed by atoms with Crippen molar-refractivity contribution >= 4 is 5.78 Å². The van der Waals surface area contributed by atoms with Crippen molar-refractivity contribution in [3.8, 4) is 0 Å². The van der Waals surface area contributed by atoms with Crippen LogP contribution in [0.15, 0.2) is 46.1 Å². The number of carbonyl (C=O) groups excluding carboxylic acids is 1. The Morgan fingerprint density at radius 1 is 1.18 bits per heavy atom. The molecular weight excluding hydrogens is 272 g/mol. The number of fused-ring (bicyclic) bond motifs is 4. The van der Waals surface area contributed by atoms with Gasteiger partial charge in [0.1, 0.15) is 0 Å². The molecule has 0 bridgehead atoms. The summed E-state index contributed by atoms with van der Waals surface area (Å²) < 4.78 is 0. The van der Waals surface area contributed by atoms with Crippen molar-refractivity contribution in [2.45, 2.75) is 59.0 Å². The van der Waals surface area contributed by atoms with Gasteiger partial charge < -0.3 is 5.11 Å². The van der Waals surface area contributed by atoms with Crippen LogP contribution < -0.4 is 0 Å². The lowest BCUT2D eigenvalue weighted by atomic mass is 9.57. The molecule has 3 atom stereocenters. The van der Waals surface area contributed by atoms with E-state index < -0.39 is 0 Å². The summed E-state index contributed by atoms with van der Waals surface area (Å²) >= 11 is 0. The van der Waals surface area contributed by atoms with E-state index >= 15 is 0 Å². The molecule has 0 fully saturated rings. The van der Waals surface area contributed by atoms with Crippen LogP contribution in [0.4, 0.5) is 0 Å². The molecule has 4 aliphatic carbocycles. The van der Waals surface area contributed by atoms with Crippen molar-refractivity contribution in [3.05, 3.63) is 46.1 Å². The van der Waals surface area contributed by atoms with Crippen LogP contribution in [-0.2, 0) is 4.79 Å². The van der Waals surface area contributed by atoms with Crippen LogP contribution in [0.25, 0.3) is 0 Å². The molecule has 4 aliphatic rings. The molecule has 2 nitrogen and oxygen atoms in total. The van der Waals surface area contributed by atoms with Gasteiger partial charge in [-0.05, 0) is 79.7 Å². The first-order valence-electron chi connectivity index (χ1n) is 8.42. The molecule has 0 aromatic heterocycles. The van der Waals surface area contributed by atoms with Crippen LogP contribution in [0.2, 0.25) is 0 Å². The second kappa shape index (κ2) is 4.32. The summed E-state index contributed by atoms with van der Waals surface area (Å²) in [6.45, 7) is 6.56. The van der Waals surface area contributed by atoms with E-state index in [2.05, 4.69) is 26.0 Å². The van der Waals surface area contributed by atoms with Crippen LogP contribution in [0, 0.1) is 10.8 Å². The predicted molar refractivity (Wildman–Crippen MR) is 87.3 cm³/mol. The van der Waals surface area contributed by atoms with Gasteiger partial charge in [0.25, 0.3) is 0 Å². The molecule has 0 saturated heterocycles. The van der Waals surface area contributed by atoms with E-state index in [4.69, 9.17) is 0 Å². The lowest BCUT2D eigenvalue weighted by Crippen LogP contribution is -2.35. The molecule has 2 heteroatoms. The van der Waals surface area contributed by atoms with Gasteiger partial charge >= 0.3 is 0 Å². The lowest BCUT2D eigenvalue weighted by Gasteiger charge is -2.47. The molecule has 0 aromatic rings. The molecule has 0 aromatic carbocycles. The molecule has 22 heavy (non-hydrogen) atoms. The van der Waals surface area contributed by atoms with E-state index in [1.54, 1.807) is 6.08 Å². The van der Waals surface area contributed by atoms with Gasteiger partial charge in [-0.25, -0.2) is 0 Å². The number of carbonyl (C=O) groups is 1. The minimum absolute atomic E-state index is 0.0821. The normalized spacial score (nSPS) is 40.5. The highest BCUT2D eigenvalue weighted by molar-refractivity contribution is 6.05. The maximum Gasteiger partial charge on any atom is 0.181 e. The Labute approximate surface area is 132 Å². The largest absolute Gasteiger partial charge is 0.389 e. The molecule has 0 spiro atoms. The monoisotopic (exact) mass is 296 g/mol. The lowest BCUT2D eigenvalue weighted by molar-refractivity contribution is -0.111. The summed E-state index contributed by atoms with van der Waals surface area (Å²) in [7, 11) is 0. The number of ketones is 1. The third-order valence-corrected chi connectivity index (χ3v) is 6.55. The minimum atomic E-state index is -0.290. The standard InChI is InChI=1S/C20H24O2/c1-12-15-5-4-14-16(20(15,3)9-7-18(12)22)6-8-19(2)11-13(21)10-17(14)19/h7,9-10,13,21H,4-6,8,11H2,1-3H3/t13-,19-,20+/m0/s1. The number of rotatable bonds is 0. The molecule has 0 unspecified atom stereocenters. The second-order valence-corrected chi connectivity index (χ2v) is 7.87. The smallest absolute Gasteiger partial charge is 0.181 e. The Balaban J connectivity index is 1.89. The van der Waals surface area contributed by atoms with Gasteiger partial charge in [0.05, 0.1) is 6.10 Å². The summed E-state index contributed by atoms with van der Waals surface area (Å²) in [6, 6.07) is 0. The zero-order valence-electron chi connectivity index (χ0n) is 13.7. The summed E-state index contributed by atoms with van der Waals surface area (Å²) in [5.41, 5.74) is 6.70. The molecule has 116 valence electrons. The Kier molecular flexibility index (Phi) is 2.79. The number of aliphatic hydroxyl groups excluding tert-OH is 1. The van der Waals surface area contributed by atoms with Gasteiger partial charge in [-0.3, -0.25) is 4.79 Å². The van der Waals surface area contributed by atoms with Gasteiger partial charge in [0.15, 0.2) is 5.78 Å². The first kappa shape index (κ1) is 14.2. The Bertz CT molecular complexity index is 703. The average Bonchev–Trinajstić information content (AvgIpc) is 2.78. The van der Waals surface area contributed by atoms with E-state index in [0.29, 0.717) is 0 Å². The fourth-order valence-electron chi connectivity index (χ4n) is 5.28. The maximum absolute atomic E-state index is 12.0. The molecule has 0 amide bonds. The third kappa shape index (κ3) is 1.68. The molecule has 0 saturated carbocycles. The number of allylic oxidation sites excluding steroid dienone is 7.